The normalized spacial score (nSPS) is 28.4. The van der Waals surface area contributed by atoms with E-state index in [4.69, 9.17) is 5.84 Å². The Kier molecular flexibility index (Phi) is 5.34. The van der Waals surface area contributed by atoms with Crippen molar-refractivity contribution in [2.45, 2.75) is 42.6 Å². The molecule has 0 aliphatic carbocycles. The van der Waals surface area contributed by atoms with Gasteiger partial charge in [-0.2, -0.15) is 23.5 Å². The number of nitrogens with one attached hydrogen (secondary N) is 1. The SMILES string of the molecule is Cc1ccc(F)c(C(NN)C2CSC(C)C(C)S2)c1F. The van der Waals surface area contributed by atoms with Gasteiger partial charge in [-0.15, -0.1) is 0 Å². The highest BCUT2D eigenvalue weighted by Crippen LogP contribution is 2.41. The lowest BCUT2D eigenvalue weighted by molar-refractivity contribution is 0.470. The molecule has 112 valence electrons. The number of nitrogens with two attached hydrogens (primary N) is 1. The molecule has 1 heterocycles. The topological polar surface area (TPSA) is 38.0 Å². The fraction of sp³-hybridized carbons (Fsp3) is 0.571. The highest BCUT2D eigenvalue weighted by Gasteiger charge is 2.34. The quantitative estimate of drug-likeness (QED) is 0.662. The summed E-state index contributed by atoms with van der Waals surface area (Å²) in [4.78, 5) is 0. The zero-order valence-corrected chi connectivity index (χ0v) is 13.5. The number of hydrazine groups is 1. The molecule has 20 heavy (non-hydrogen) atoms. The van der Waals surface area contributed by atoms with Crippen LogP contribution in [0.25, 0.3) is 0 Å². The van der Waals surface area contributed by atoms with Crippen molar-refractivity contribution in [1.82, 2.24) is 5.43 Å². The fourth-order valence-electron chi connectivity index (χ4n) is 2.32. The Balaban J connectivity index is 2.31. The highest BCUT2D eigenvalue weighted by molar-refractivity contribution is 8.07. The van der Waals surface area contributed by atoms with Crippen molar-refractivity contribution in [3.05, 3.63) is 34.9 Å². The Bertz CT molecular complexity index is 484. The molecule has 1 aromatic rings. The molecule has 0 amide bonds. The number of rotatable bonds is 3. The van der Waals surface area contributed by atoms with Crippen molar-refractivity contribution in [3.8, 4) is 0 Å². The predicted molar refractivity (Wildman–Crippen MR) is 83.9 cm³/mol. The van der Waals surface area contributed by atoms with Crippen LogP contribution in [0.4, 0.5) is 8.78 Å². The van der Waals surface area contributed by atoms with Crippen LogP contribution in [0.5, 0.6) is 0 Å². The van der Waals surface area contributed by atoms with E-state index in [1.807, 2.05) is 11.8 Å². The zero-order chi connectivity index (χ0) is 14.9. The van der Waals surface area contributed by atoms with E-state index in [9.17, 15) is 8.78 Å². The first kappa shape index (κ1) is 16.1. The molecule has 2 rings (SSSR count). The Hall–Kier alpha value is -0.300. The van der Waals surface area contributed by atoms with Gasteiger partial charge in [-0.1, -0.05) is 19.9 Å². The van der Waals surface area contributed by atoms with Crippen molar-refractivity contribution in [2.24, 2.45) is 5.84 Å². The Morgan fingerprint density at radius 2 is 2.00 bits per heavy atom. The summed E-state index contributed by atoms with van der Waals surface area (Å²) in [6, 6.07) is 2.25. The highest BCUT2D eigenvalue weighted by atomic mass is 32.2. The molecule has 4 atom stereocenters. The van der Waals surface area contributed by atoms with Crippen LogP contribution in [0, 0.1) is 18.6 Å². The summed E-state index contributed by atoms with van der Waals surface area (Å²) in [6.45, 7) is 5.96. The van der Waals surface area contributed by atoms with E-state index in [-0.39, 0.29) is 10.8 Å². The Morgan fingerprint density at radius 3 is 2.60 bits per heavy atom. The summed E-state index contributed by atoms with van der Waals surface area (Å²) in [7, 11) is 0. The molecule has 0 aromatic heterocycles. The number of hydrogen-bond donors (Lipinski definition) is 2. The first-order valence-corrected chi connectivity index (χ1v) is 8.62. The second-order valence-corrected chi connectivity index (χ2v) is 8.19. The van der Waals surface area contributed by atoms with Gasteiger partial charge in [-0.25, -0.2) is 8.78 Å². The van der Waals surface area contributed by atoms with Crippen LogP contribution in [0.15, 0.2) is 12.1 Å². The number of halogens is 2. The van der Waals surface area contributed by atoms with Gasteiger partial charge in [-0.05, 0) is 18.6 Å². The summed E-state index contributed by atoms with van der Waals surface area (Å²) in [5.41, 5.74) is 3.12. The van der Waals surface area contributed by atoms with Gasteiger partial charge < -0.3 is 0 Å². The third-order valence-electron chi connectivity index (χ3n) is 3.76. The van der Waals surface area contributed by atoms with Crippen LogP contribution < -0.4 is 11.3 Å². The van der Waals surface area contributed by atoms with Gasteiger partial charge in [0, 0.05) is 27.1 Å². The average Bonchev–Trinajstić information content (AvgIpc) is 2.42. The minimum absolute atomic E-state index is 0.0574. The van der Waals surface area contributed by atoms with Crippen LogP contribution in [-0.4, -0.2) is 21.5 Å². The number of hydrogen-bond acceptors (Lipinski definition) is 4. The lowest BCUT2D eigenvalue weighted by atomic mass is 10.0. The van der Waals surface area contributed by atoms with Crippen molar-refractivity contribution in [3.63, 3.8) is 0 Å². The third-order valence-corrected chi connectivity index (χ3v) is 7.25. The van der Waals surface area contributed by atoms with E-state index >= 15 is 0 Å². The second-order valence-electron chi connectivity index (χ2n) is 5.15. The van der Waals surface area contributed by atoms with Crippen LogP contribution in [-0.2, 0) is 0 Å². The van der Waals surface area contributed by atoms with Crippen LogP contribution in [0.2, 0.25) is 0 Å². The molecule has 0 spiro atoms. The van der Waals surface area contributed by atoms with E-state index < -0.39 is 17.7 Å². The van der Waals surface area contributed by atoms with Crippen molar-refractivity contribution >= 4 is 23.5 Å². The Labute approximate surface area is 127 Å². The molecule has 0 radical (unpaired) electrons. The van der Waals surface area contributed by atoms with Gasteiger partial charge in [0.25, 0.3) is 0 Å². The number of benzene rings is 1. The van der Waals surface area contributed by atoms with Gasteiger partial charge in [0.2, 0.25) is 0 Å². The molecule has 1 aliphatic rings. The summed E-state index contributed by atoms with van der Waals surface area (Å²) < 4.78 is 28.3. The minimum Gasteiger partial charge on any atom is -0.271 e. The van der Waals surface area contributed by atoms with Gasteiger partial charge in [0.15, 0.2) is 0 Å². The molecule has 0 saturated carbocycles. The molecule has 4 unspecified atom stereocenters. The molecule has 1 aliphatic heterocycles. The molecule has 1 aromatic carbocycles. The first-order valence-electron chi connectivity index (χ1n) is 6.63. The Morgan fingerprint density at radius 1 is 1.30 bits per heavy atom. The molecule has 3 N–H and O–H groups in total. The summed E-state index contributed by atoms with van der Waals surface area (Å²) >= 11 is 3.58. The molecule has 1 saturated heterocycles. The average molecular weight is 318 g/mol. The van der Waals surface area contributed by atoms with E-state index in [0.717, 1.165) is 5.75 Å². The maximum atomic E-state index is 14.3. The lowest BCUT2D eigenvalue weighted by Crippen LogP contribution is -2.41. The van der Waals surface area contributed by atoms with Gasteiger partial charge in [-0.3, -0.25) is 11.3 Å². The number of aryl methyl sites for hydroxylation is 1. The van der Waals surface area contributed by atoms with Gasteiger partial charge in [0.05, 0.1) is 6.04 Å². The largest absolute Gasteiger partial charge is 0.271 e. The van der Waals surface area contributed by atoms with Crippen molar-refractivity contribution < 1.29 is 8.78 Å². The van der Waals surface area contributed by atoms with E-state index in [0.29, 0.717) is 16.1 Å². The molecular weight excluding hydrogens is 298 g/mol. The number of thioether (sulfide) groups is 2. The minimum atomic E-state index is -0.534. The lowest BCUT2D eigenvalue weighted by Gasteiger charge is -2.36. The summed E-state index contributed by atoms with van der Waals surface area (Å²) in [5.74, 6) is 5.40. The monoisotopic (exact) mass is 318 g/mol. The third kappa shape index (κ3) is 3.13. The van der Waals surface area contributed by atoms with Crippen molar-refractivity contribution in [1.29, 1.82) is 0 Å². The molecule has 6 heteroatoms. The molecular formula is C14H20F2N2S2. The smallest absolute Gasteiger partial charge is 0.133 e. The van der Waals surface area contributed by atoms with E-state index in [2.05, 4.69) is 19.3 Å². The molecule has 1 fully saturated rings. The molecule has 2 nitrogen and oxygen atoms in total. The molecule has 0 bridgehead atoms. The standard InChI is InChI=1S/C14H20F2N2S2/c1-7-4-5-10(15)12(13(7)16)14(18-17)11-6-19-8(2)9(3)20-11/h4-5,8-9,11,14,18H,6,17H2,1-3H3. The van der Waals surface area contributed by atoms with E-state index in [1.54, 1.807) is 18.7 Å². The summed E-state index contributed by atoms with van der Waals surface area (Å²) in [5, 5.41) is 1.04. The van der Waals surface area contributed by atoms with Crippen LogP contribution >= 0.6 is 23.5 Å². The summed E-state index contributed by atoms with van der Waals surface area (Å²) in [6.07, 6.45) is 0. The predicted octanol–water partition coefficient (Wildman–Crippen LogP) is 3.40. The maximum Gasteiger partial charge on any atom is 0.133 e. The van der Waals surface area contributed by atoms with E-state index in [1.165, 1.54) is 12.1 Å². The first-order chi connectivity index (χ1) is 9.45. The van der Waals surface area contributed by atoms with Crippen LogP contribution in [0.3, 0.4) is 0 Å². The van der Waals surface area contributed by atoms with Crippen LogP contribution in [0.1, 0.15) is 31.0 Å². The van der Waals surface area contributed by atoms with Gasteiger partial charge in [0.1, 0.15) is 11.6 Å². The zero-order valence-electron chi connectivity index (χ0n) is 11.8. The van der Waals surface area contributed by atoms with Crippen molar-refractivity contribution in [2.75, 3.05) is 5.75 Å². The van der Waals surface area contributed by atoms with Gasteiger partial charge >= 0.3 is 0 Å². The fourth-order valence-corrected chi connectivity index (χ4v) is 5.40. The maximum absolute atomic E-state index is 14.3. The second kappa shape index (κ2) is 6.64.